The highest BCUT2D eigenvalue weighted by atomic mass is 35.5. The number of fused-ring (bicyclic) bond motifs is 5. The van der Waals surface area contributed by atoms with Crippen molar-refractivity contribution in [1.82, 2.24) is 29.1 Å². The molecule has 0 radical (unpaired) electrons. The van der Waals surface area contributed by atoms with E-state index in [9.17, 15) is 19.0 Å². The number of aryl methyl sites for hydroxylation is 2. The van der Waals surface area contributed by atoms with Crippen LogP contribution >= 0.6 is 23.2 Å². The van der Waals surface area contributed by atoms with Gasteiger partial charge >= 0.3 is 0 Å². The van der Waals surface area contributed by atoms with Gasteiger partial charge in [-0.2, -0.15) is 0 Å². The van der Waals surface area contributed by atoms with Crippen molar-refractivity contribution in [1.29, 1.82) is 0 Å². The molecule has 18 heteroatoms. The van der Waals surface area contributed by atoms with Gasteiger partial charge in [-0.15, -0.1) is 0 Å². The Hall–Kier alpha value is -4.20. The van der Waals surface area contributed by atoms with Gasteiger partial charge in [-0.1, -0.05) is 35.3 Å². The lowest BCUT2D eigenvalue weighted by Gasteiger charge is -2.34. The zero-order chi connectivity index (χ0) is 42.5. The summed E-state index contributed by atoms with van der Waals surface area (Å²) < 4.78 is 69.4. The highest BCUT2D eigenvalue weighted by Crippen LogP contribution is 2.50. The molecule has 0 bridgehead atoms. The van der Waals surface area contributed by atoms with Crippen LogP contribution in [0.2, 0.25) is 10.0 Å². The van der Waals surface area contributed by atoms with Gasteiger partial charge < -0.3 is 47.8 Å². The molecular formula is C43H42Cl2F2N6O8. The van der Waals surface area contributed by atoms with E-state index in [2.05, 4.69) is 19.9 Å². The van der Waals surface area contributed by atoms with E-state index >= 15 is 0 Å². The Kier molecular flexibility index (Phi) is 10.4. The molecule has 320 valence electrons. The zero-order valence-corrected chi connectivity index (χ0v) is 34.8. The molecule has 2 N–H and O–H groups in total. The molecule has 0 saturated carbocycles. The highest BCUT2D eigenvalue weighted by molar-refractivity contribution is 6.31. The van der Waals surface area contributed by atoms with E-state index in [1.165, 1.54) is 6.33 Å². The number of rotatable bonds is 4. The van der Waals surface area contributed by atoms with Crippen molar-refractivity contribution < 1.29 is 47.4 Å². The van der Waals surface area contributed by atoms with Crippen LogP contribution in [0.3, 0.4) is 0 Å². The standard InChI is InChI=1S/C23H23ClFN3O4.C20H19ClFN3O4/c1-11-13-6-7-28(21(13)27-10-26-11)22-20-19(31-23(2,3)32-20)18(30-22)17-14-5-4-12(24)8-15(14)16(25)9-29-17;1-9-11-4-5-25(19(11)24-8-23-9)20-16(27)15(26)18(29-20)17-12-3-2-10(21)6-13(12)14(22)7-28-17/h4-8,10,16-20,22H,9H2,1-3H3;2-6,8,14-18,20,26-27H,7H2,1H3/t16-,17-,18+,19-,20-,22-;14-,15+,16-,17-,18+,20-/m11/s1. The Morgan fingerprint density at radius 1 is 0.623 bits per heavy atom. The van der Waals surface area contributed by atoms with Crippen LogP contribution in [0, 0.1) is 13.8 Å². The number of ether oxygens (including phenoxy) is 6. The summed E-state index contributed by atoms with van der Waals surface area (Å²) >= 11 is 12.2. The SMILES string of the molecule is Cc1ncnc2c1ccn2[C@@H]1O[C@@H]([C@@H]2OC[C@@H](F)c3cc(Cl)ccc32)[C@H]2OC(C)(C)O[C@H]21.Cc1ncnc2c1ccn2[C@@H]1O[C@H]([C@@H]2OC[C@@H](F)c3cc(Cl)ccc32)[C@@H](O)[C@H]1O. The number of benzene rings is 2. The van der Waals surface area contributed by atoms with Gasteiger partial charge in [-0.25, -0.2) is 28.7 Å². The van der Waals surface area contributed by atoms with E-state index in [0.29, 0.717) is 32.4 Å². The first-order valence-electron chi connectivity index (χ1n) is 20.0. The minimum absolute atomic E-state index is 0.0664. The molecule has 5 aliphatic heterocycles. The normalized spacial score (nSPS) is 32.7. The second kappa shape index (κ2) is 15.6. The van der Waals surface area contributed by atoms with Crippen LogP contribution in [0.5, 0.6) is 0 Å². The van der Waals surface area contributed by atoms with Crippen molar-refractivity contribution in [3.8, 4) is 0 Å². The van der Waals surface area contributed by atoms with Gasteiger partial charge in [0, 0.05) is 33.2 Å². The molecule has 61 heavy (non-hydrogen) atoms. The Morgan fingerprint density at radius 3 is 1.67 bits per heavy atom. The first-order chi connectivity index (χ1) is 29.3. The van der Waals surface area contributed by atoms with Gasteiger partial charge in [-0.3, -0.25) is 0 Å². The molecule has 0 amide bonds. The van der Waals surface area contributed by atoms with Crippen LogP contribution in [0.15, 0.2) is 73.6 Å². The highest BCUT2D eigenvalue weighted by Gasteiger charge is 2.59. The van der Waals surface area contributed by atoms with Crippen molar-refractivity contribution >= 4 is 45.3 Å². The number of aliphatic hydroxyl groups excluding tert-OH is 2. The second-order valence-corrected chi connectivity index (χ2v) is 17.2. The number of hydrogen-bond acceptors (Lipinski definition) is 12. The molecule has 2 aromatic carbocycles. The molecule has 3 saturated heterocycles. The lowest BCUT2D eigenvalue weighted by molar-refractivity contribution is -0.214. The number of hydrogen-bond donors (Lipinski definition) is 2. The third-order valence-corrected chi connectivity index (χ3v) is 12.6. The lowest BCUT2D eigenvalue weighted by Crippen LogP contribution is -2.38. The van der Waals surface area contributed by atoms with Crippen molar-refractivity contribution in [3.63, 3.8) is 0 Å². The van der Waals surface area contributed by atoms with Gasteiger partial charge in [0.25, 0.3) is 0 Å². The monoisotopic (exact) mass is 878 g/mol. The van der Waals surface area contributed by atoms with Crippen molar-refractivity contribution in [3.05, 3.63) is 117 Å². The molecule has 5 aliphatic rings. The van der Waals surface area contributed by atoms with Crippen LogP contribution in [0.4, 0.5) is 8.78 Å². The summed E-state index contributed by atoms with van der Waals surface area (Å²) in [5.41, 5.74) is 5.27. The lowest BCUT2D eigenvalue weighted by atomic mass is 9.91. The summed E-state index contributed by atoms with van der Waals surface area (Å²) in [6, 6.07) is 13.9. The van der Waals surface area contributed by atoms with E-state index in [0.717, 1.165) is 33.4 Å². The number of halogens is 4. The third-order valence-electron chi connectivity index (χ3n) is 12.1. The first kappa shape index (κ1) is 40.8. The van der Waals surface area contributed by atoms with Crippen molar-refractivity contribution in [2.45, 2.75) is 107 Å². The quantitative estimate of drug-likeness (QED) is 0.181. The molecule has 0 spiro atoms. The zero-order valence-electron chi connectivity index (χ0n) is 33.3. The molecule has 14 nitrogen and oxygen atoms in total. The van der Waals surface area contributed by atoms with Crippen LogP contribution in [-0.4, -0.2) is 94.9 Å². The number of aliphatic hydroxyl groups is 2. The minimum Gasteiger partial charge on any atom is -0.387 e. The predicted octanol–water partition coefficient (Wildman–Crippen LogP) is 7.39. The molecule has 3 fully saturated rings. The predicted molar refractivity (Wildman–Crippen MR) is 216 cm³/mol. The molecule has 4 aromatic heterocycles. The second-order valence-electron chi connectivity index (χ2n) is 16.4. The Morgan fingerprint density at radius 2 is 1.11 bits per heavy atom. The summed E-state index contributed by atoms with van der Waals surface area (Å²) in [6.45, 7) is 7.33. The van der Waals surface area contributed by atoms with E-state index < -0.39 is 73.3 Å². The van der Waals surface area contributed by atoms with Crippen LogP contribution < -0.4 is 0 Å². The van der Waals surface area contributed by atoms with E-state index in [-0.39, 0.29) is 19.3 Å². The van der Waals surface area contributed by atoms with Gasteiger partial charge in [-0.05, 0) is 86.3 Å². The maximum atomic E-state index is 14.6. The number of aromatic nitrogens is 6. The Labute approximate surface area is 358 Å². The molecule has 12 atom stereocenters. The van der Waals surface area contributed by atoms with Gasteiger partial charge in [0.2, 0.25) is 0 Å². The van der Waals surface area contributed by atoms with Crippen LogP contribution in [0.1, 0.15) is 84.5 Å². The molecule has 11 rings (SSSR count). The maximum absolute atomic E-state index is 14.6. The summed E-state index contributed by atoms with van der Waals surface area (Å²) in [6.07, 6.45) is -3.13. The Balaban J connectivity index is 0.000000147. The topological polar surface area (TPSA) is 157 Å². The summed E-state index contributed by atoms with van der Waals surface area (Å²) in [4.78, 5) is 17.2. The molecular weight excluding hydrogens is 837 g/mol. The summed E-state index contributed by atoms with van der Waals surface area (Å²) in [5.74, 6) is -0.788. The molecule has 0 aliphatic carbocycles. The van der Waals surface area contributed by atoms with Gasteiger partial charge in [0.1, 0.15) is 85.1 Å². The smallest absolute Gasteiger partial charge is 0.164 e. The van der Waals surface area contributed by atoms with Crippen LogP contribution in [0.25, 0.3) is 22.1 Å². The Bertz CT molecular complexity index is 2630. The minimum atomic E-state index is -1.31. The van der Waals surface area contributed by atoms with E-state index in [4.69, 9.17) is 51.6 Å². The fourth-order valence-corrected chi connectivity index (χ4v) is 9.64. The molecule has 6 aromatic rings. The largest absolute Gasteiger partial charge is 0.387 e. The fourth-order valence-electron chi connectivity index (χ4n) is 9.28. The third kappa shape index (κ3) is 7.01. The average molecular weight is 880 g/mol. The van der Waals surface area contributed by atoms with Gasteiger partial charge in [0.05, 0.1) is 24.6 Å². The van der Waals surface area contributed by atoms with Crippen molar-refractivity contribution in [2.24, 2.45) is 0 Å². The van der Waals surface area contributed by atoms with Crippen LogP contribution in [-0.2, 0) is 28.4 Å². The summed E-state index contributed by atoms with van der Waals surface area (Å²) in [7, 11) is 0. The number of nitrogens with zero attached hydrogens (tertiary/aromatic N) is 6. The number of alkyl halides is 2. The molecule has 0 unspecified atom stereocenters. The first-order valence-corrected chi connectivity index (χ1v) is 20.7. The van der Waals surface area contributed by atoms with Crippen molar-refractivity contribution in [2.75, 3.05) is 13.2 Å². The van der Waals surface area contributed by atoms with E-state index in [1.54, 1.807) is 47.4 Å². The summed E-state index contributed by atoms with van der Waals surface area (Å²) in [5, 5.41) is 24.1. The maximum Gasteiger partial charge on any atom is 0.164 e. The van der Waals surface area contributed by atoms with Gasteiger partial charge in [0.15, 0.2) is 18.2 Å². The molecule has 9 heterocycles. The fraction of sp³-hybridized carbons (Fsp3) is 0.442. The van der Waals surface area contributed by atoms with E-state index in [1.807, 2.05) is 56.7 Å². The average Bonchev–Trinajstić information content (AvgIpc) is 4.05.